The molecule has 0 bridgehead atoms. The molecule has 0 radical (unpaired) electrons. The van der Waals surface area contributed by atoms with Gasteiger partial charge in [0.1, 0.15) is 0 Å². The zero-order valence-electron chi connectivity index (χ0n) is 18.2. The molecule has 4 rings (SSSR count). The molecule has 1 unspecified atom stereocenters. The van der Waals surface area contributed by atoms with E-state index < -0.39 is 5.25 Å². The normalized spacial score (nSPS) is 11.7. The Hall–Kier alpha value is -2.55. The van der Waals surface area contributed by atoms with Gasteiger partial charge in [0, 0.05) is 31.6 Å². The van der Waals surface area contributed by atoms with Crippen LogP contribution in [0.4, 0.5) is 10.8 Å². The molecule has 2 N–H and O–H groups in total. The van der Waals surface area contributed by atoms with Crippen molar-refractivity contribution < 1.29 is 9.59 Å². The highest BCUT2D eigenvalue weighted by molar-refractivity contribution is 8.00. The fourth-order valence-corrected chi connectivity index (χ4v) is 5.47. The van der Waals surface area contributed by atoms with Crippen molar-refractivity contribution in [2.24, 2.45) is 0 Å². The van der Waals surface area contributed by atoms with Crippen LogP contribution in [-0.2, 0) is 4.79 Å². The first-order chi connectivity index (χ1) is 16.8. The van der Waals surface area contributed by atoms with Gasteiger partial charge in [-0.15, -0.1) is 23.1 Å². The first-order valence-corrected chi connectivity index (χ1v) is 13.2. The summed E-state index contributed by atoms with van der Waals surface area (Å²) in [6.07, 6.45) is 0. The van der Waals surface area contributed by atoms with Crippen LogP contribution in [-0.4, -0.2) is 22.0 Å². The van der Waals surface area contributed by atoms with Gasteiger partial charge in [-0.1, -0.05) is 59.1 Å². The Labute approximate surface area is 225 Å². The Balaban J connectivity index is 1.38. The van der Waals surface area contributed by atoms with E-state index in [1.165, 1.54) is 29.2 Å². The summed E-state index contributed by atoms with van der Waals surface area (Å²) in [4.78, 5) is 30.7. The summed E-state index contributed by atoms with van der Waals surface area (Å²) in [6, 6.07) is 19.4. The van der Waals surface area contributed by atoms with Crippen LogP contribution in [0.5, 0.6) is 0 Å². The molecular weight excluding hydrogens is 545 g/mol. The SMILES string of the molecule is CC(Sc1cccc(NC(=O)c2ccc(Cl)cc2Cl)c1)C(=O)Nc1nc(-c2ccccc2Cl)cs1. The van der Waals surface area contributed by atoms with E-state index in [-0.39, 0.29) is 16.8 Å². The molecule has 1 atom stereocenters. The predicted molar refractivity (Wildman–Crippen MR) is 147 cm³/mol. The van der Waals surface area contributed by atoms with Crippen molar-refractivity contribution in [2.45, 2.75) is 17.1 Å². The molecule has 1 heterocycles. The van der Waals surface area contributed by atoms with E-state index in [4.69, 9.17) is 34.8 Å². The van der Waals surface area contributed by atoms with Gasteiger partial charge in [-0.2, -0.15) is 0 Å². The van der Waals surface area contributed by atoms with Gasteiger partial charge >= 0.3 is 0 Å². The number of anilines is 2. The highest BCUT2D eigenvalue weighted by atomic mass is 35.5. The van der Waals surface area contributed by atoms with Crippen molar-refractivity contribution in [3.05, 3.63) is 92.7 Å². The number of amides is 2. The number of nitrogens with zero attached hydrogens (tertiary/aromatic N) is 1. The van der Waals surface area contributed by atoms with E-state index in [2.05, 4.69) is 15.6 Å². The average Bonchev–Trinajstić information content (AvgIpc) is 3.27. The fourth-order valence-electron chi connectivity index (χ4n) is 3.11. The zero-order valence-corrected chi connectivity index (χ0v) is 22.1. The number of thiazole rings is 1. The minimum absolute atomic E-state index is 0.183. The van der Waals surface area contributed by atoms with Crippen molar-refractivity contribution in [3.63, 3.8) is 0 Å². The molecular formula is C25H18Cl3N3O2S2. The minimum atomic E-state index is -0.403. The Bertz CT molecular complexity index is 1390. The Morgan fingerprint density at radius 3 is 2.51 bits per heavy atom. The van der Waals surface area contributed by atoms with E-state index in [1.807, 2.05) is 35.7 Å². The Morgan fingerprint density at radius 2 is 1.74 bits per heavy atom. The van der Waals surface area contributed by atoms with Gasteiger partial charge in [0.15, 0.2) is 5.13 Å². The maximum absolute atomic E-state index is 12.8. The molecule has 35 heavy (non-hydrogen) atoms. The number of aromatic nitrogens is 1. The molecule has 0 aliphatic rings. The third-order valence-electron chi connectivity index (χ3n) is 4.83. The molecule has 0 aliphatic heterocycles. The second-order valence-electron chi connectivity index (χ2n) is 7.37. The number of thioether (sulfide) groups is 1. The molecule has 0 saturated carbocycles. The van der Waals surface area contributed by atoms with Gasteiger partial charge < -0.3 is 10.6 Å². The highest BCUT2D eigenvalue weighted by Crippen LogP contribution is 2.31. The molecule has 0 aliphatic carbocycles. The molecule has 4 aromatic rings. The largest absolute Gasteiger partial charge is 0.322 e. The smallest absolute Gasteiger partial charge is 0.257 e. The summed E-state index contributed by atoms with van der Waals surface area (Å²) in [6.45, 7) is 1.81. The number of halogens is 3. The van der Waals surface area contributed by atoms with Crippen LogP contribution >= 0.6 is 57.9 Å². The van der Waals surface area contributed by atoms with E-state index in [0.29, 0.717) is 32.1 Å². The second-order valence-corrected chi connectivity index (χ2v) is 10.9. The number of benzene rings is 3. The topological polar surface area (TPSA) is 71.1 Å². The maximum Gasteiger partial charge on any atom is 0.257 e. The minimum Gasteiger partial charge on any atom is -0.322 e. The summed E-state index contributed by atoms with van der Waals surface area (Å²) in [7, 11) is 0. The molecule has 178 valence electrons. The first-order valence-electron chi connectivity index (χ1n) is 10.3. The third-order valence-corrected chi connectivity index (χ3v) is 7.56. The molecule has 5 nitrogen and oxygen atoms in total. The second kappa shape index (κ2) is 11.5. The van der Waals surface area contributed by atoms with Crippen molar-refractivity contribution >= 4 is 80.5 Å². The molecule has 0 saturated heterocycles. The summed E-state index contributed by atoms with van der Waals surface area (Å²) >= 11 is 21.0. The van der Waals surface area contributed by atoms with E-state index in [1.54, 1.807) is 37.3 Å². The van der Waals surface area contributed by atoms with Gasteiger partial charge in [0.25, 0.3) is 5.91 Å². The van der Waals surface area contributed by atoms with E-state index in [0.717, 1.165) is 10.5 Å². The number of rotatable bonds is 7. The lowest BCUT2D eigenvalue weighted by molar-refractivity contribution is -0.115. The molecule has 10 heteroatoms. The molecule has 3 aromatic carbocycles. The molecule has 0 fully saturated rings. The van der Waals surface area contributed by atoms with Crippen molar-refractivity contribution in [3.8, 4) is 11.3 Å². The van der Waals surface area contributed by atoms with Gasteiger partial charge in [-0.05, 0) is 49.4 Å². The van der Waals surface area contributed by atoms with Crippen molar-refractivity contribution in [2.75, 3.05) is 10.6 Å². The number of hydrogen-bond donors (Lipinski definition) is 2. The average molecular weight is 563 g/mol. The van der Waals surface area contributed by atoms with Crippen LogP contribution in [0.1, 0.15) is 17.3 Å². The summed E-state index contributed by atoms with van der Waals surface area (Å²) in [5.74, 6) is -0.532. The first kappa shape index (κ1) is 25.5. The molecule has 0 spiro atoms. The predicted octanol–water partition coefficient (Wildman–Crippen LogP) is 8.14. The van der Waals surface area contributed by atoms with Crippen molar-refractivity contribution in [1.29, 1.82) is 0 Å². The molecule has 1 aromatic heterocycles. The summed E-state index contributed by atoms with van der Waals surface area (Å²) < 4.78 is 0. The zero-order chi connectivity index (χ0) is 24.9. The lowest BCUT2D eigenvalue weighted by atomic mass is 10.2. The van der Waals surface area contributed by atoms with Gasteiger partial charge in [-0.3, -0.25) is 9.59 Å². The third kappa shape index (κ3) is 6.57. The molecule has 2 amide bonds. The monoisotopic (exact) mass is 561 g/mol. The van der Waals surface area contributed by atoms with Crippen LogP contribution in [0.2, 0.25) is 15.1 Å². The van der Waals surface area contributed by atoms with Gasteiger partial charge in [0.05, 0.1) is 21.5 Å². The van der Waals surface area contributed by atoms with E-state index >= 15 is 0 Å². The standard InChI is InChI=1S/C25H18Cl3N3O2S2/c1-14(23(32)31-25-30-22(13-34-25)18-7-2-3-8-20(18)27)35-17-6-4-5-16(12-17)29-24(33)19-10-9-15(26)11-21(19)28/h2-14H,1H3,(H,29,33)(H,30,31,32). The van der Waals surface area contributed by atoms with Crippen LogP contribution < -0.4 is 10.6 Å². The Morgan fingerprint density at radius 1 is 0.943 bits per heavy atom. The summed E-state index contributed by atoms with van der Waals surface area (Å²) in [5.41, 5.74) is 2.43. The van der Waals surface area contributed by atoms with Crippen LogP contribution in [0.3, 0.4) is 0 Å². The van der Waals surface area contributed by atoms with Crippen molar-refractivity contribution in [1.82, 2.24) is 4.98 Å². The number of hydrogen-bond acceptors (Lipinski definition) is 5. The summed E-state index contributed by atoms with van der Waals surface area (Å²) in [5, 5.41) is 8.96. The van der Waals surface area contributed by atoms with Crippen LogP contribution in [0.25, 0.3) is 11.3 Å². The Kier molecular flexibility index (Phi) is 8.36. The van der Waals surface area contributed by atoms with Gasteiger partial charge in [-0.25, -0.2) is 4.98 Å². The lowest BCUT2D eigenvalue weighted by Gasteiger charge is -2.12. The number of carbonyl (C=O) groups is 2. The number of carbonyl (C=O) groups excluding carboxylic acids is 2. The van der Waals surface area contributed by atoms with E-state index in [9.17, 15) is 9.59 Å². The van der Waals surface area contributed by atoms with Gasteiger partial charge in [0.2, 0.25) is 5.91 Å². The lowest BCUT2D eigenvalue weighted by Crippen LogP contribution is -2.22. The quantitative estimate of drug-likeness (QED) is 0.223. The van der Waals surface area contributed by atoms with Crippen LogP contribution in [0.15, 0.2) is 77.0 Å². The highest BCUT2D eigenvalue weighted by Gasteiger charge is 2.18. The number of nitrogens with one attached hydrogen (secondary N) is 2. The maximum atomic E-state index is 12.8. The van der Waals surface area contributed by atoms with Crippen LogP contribution in [0, 0.1) is 0 Å². The fraction of sp³-hybridized carbons (Fsp3) is 0.0800.